The smallest absolute Gasteiger partial charge is 0.253 e. The first-order valence-electron chi connectivity index (χ1n) is 9.95. The van der Waals surface area contributed by atoms with E-state index in [1.165, 1.54) is 0 Å². The number of aromatic nitrogens is 1. The normalized spacial score (nSPS) is 17.4. The standard InChI is InChI=1S/C21H25N5O3/c1-14-7-12-26(23-14)18-5-3-17(4-6-18)21(28)25-10-8-16(9-11-25)20(27)22-19-13-15(2)29-24-19/h3-6,13,16H,7-12H2,1-2H3,(H,22,24,27). The molecule has 2 aromatic rings. The van der Waals surface area contributed by atoms with E-state index < -0.39 is 0 Å². The predicted molar refractivity (Wildman–Crippen MR) is 110 cm³/mol. The van der Waals surface area contributed by atoms with Crippen molar-refractivity contribution in [3.8, 4) is 0 Å². The van der Waals surface area contributed by atoms with Gasteiger partial charge in [0.05, 0.1) is 5.69 Å². The third-order valence-corrected chi connectivity index (χ3v) is 5.42. The molecule has 0 radical (unpaired) electrons. The zero-order valence-corrected chi connectivity index (χ0v) is 16.7. The van der Waals surface area contributed by atoms with Crippen LogP contribution in [0.5, 0.6) is 0 Å². The third kappa shape index (κ3) is 4.31. The molecular formula is C21H25N5O3. The number of benzene rings is 1. The lowest BCUT2D eigenvalue weighted by Gasteiger charge is -2.31. The second kappa shape index (κ2) is 8.06. The van der Waals surface area contributed by atoms with Crippen LogP contribution in [0.2, 0.25) is 0 Å². The van der Waals surface area contributed by atoms with Crippen molar-refractivity contribution >= 4 is 29.0 Å². The minimum absolute atomic E-state index is 0.00337. The summed E-state index contributed by atoms with van der Waals surface area (Å²) in [7, 11) is 0. The van der Waals surface area contributed by atoms with Crippen molar-refractivity contribution in [1.29, 1.82) is 0 Å². The van der Waals surface area contributed by atoms with Gasteiger partial charge in [0.1, 0.15) is 5.76 Å². The molecule has 1 fully saturated rings. The Kier molecular flexibility index (Phi) is 5.33. The molecule has 1 saturated heterocycles. The van der Waals surface area contributed by atoms with Gasteiger partial charge in [-0.2, -0.15) is 5.10 Å². The van der Waals surface area contributed by atoms with Crippen LogP contribution in [-0.2, 0) is 4.79 Å². The van der Waals surface area contributed by atoms with E-state index in [2.05, 4.69) is 15.6 Å². The molecule has 2 aliphatic rings. The van der Waals surface area contributed by atoms with Crippen molar-refractivity contribution in [1.82, 2.24) is 10.1 Å². The van der Waals surface area contributed by atoms with Crippen LogP contribution in [0.1, 0.15) is 42.3 Å². The predicted octanol–water partition coefficient (Wildman–Crippen LogP) is 3.06. The van der Waals surface area contributed by atoms with Gasteiger partial charge in [0.25, 0.3) is 5.91 Å². The fourth-order valence-corrected chi connectivity index (χ4v) is 3.72. The summed E-state index contributed by atoms with van der Waals surface area (Å²) >= 11 is 0. The minimum Gasteiger partial charge on any atom is -0.360 e. The summed E-state index contributed by atoms with van der Waals surface area (Å²) in [5.41, 5.74) is 2.78. The molecule has 152 valence electrons. The van der Waals surface area contributed by atoms with Crippen LogP contribution in [0.3, 0.4) is 0 Å². The van der Waals surface area contributed by atoms with E-state index in [1.54, 1.807) is 13.0 Å². The molecule has 0 saturated carbocycles. The first-order valence-corrected chi connectivity index (χ1v) is 9.95. The van der Waals surface area contributed by atoms with Crippen LogP contribution < -0.4 is 10.3 Å². The molecule has 29 heavy (non-hydrogen) atoms. The lowest BCUT2D eigenvalue weighted by molar-refractivity contribution is -0.121. The number of amides is 2. The number of likely N-dealkylation sites (tertiary alicyclic amines) is 1. The Bertz CT molecular complexity index is 926. The average Bonchev–Trinajstić information content (AvgIpc) is 3.35. The highest BCUT2D eigenvalue weighted by Crippen LogP contribution is 2.23. The number of carbonyl (C=O) groups is 2. The van der Waals surface area contributed by atoms with Gasteiger partial charge in [-0.15, -0.1) is 0 Å². The van der Waals surface area contributed by atoms with Crippen molar-refractivity contribution in [2.24, 2.45) is 11.0 Å². The summed E-state index contributed by atoms with van der Waals surface area (Å²) < 4.78 is 4.97. The average molecular weight is 395 g/mol. The van der Waals surface area contributed by atoms with E-state index in [0.29, 0.717) is 43.1 Å². The molecule has 4 rings (SSSR count). The Labute approximate surface area is 169 Å². The molecule has 1 aromatic carbocycles. The number of carbonyl (C=O) groups excluding carboxylic acids is 2. The van der Waals surface area contributed by atoms with Crippen LogP contribution in [0, 0.1) is 12.8 Å². The largest absolute Gasteiger partial charge is 0.360 e. The molecule has 2 aliphatic heterocycles. The van der Waals surface area contributed by atoms with Crippen LogP contribution in [0.15, 0.2) is 40.0 Å². The van der Waals surface area contributed by atoms with Crippen molar-refractivity contribution in [2.75, 3.05) is 30.0 Å². The Morgan fingerprint density at radius 3 is 2.41 bits per heavy atom. The lowest BCUT2D eigenvalue weighted by atomic mass is 9.95. The summed E-state index contributed by atoms with van der Waals surface area (Å²) in [6.07, 6.45) is 2.24. The van der Waals surface area contributed by atoms with E-state index in [-0.39, 0.29) is 17.7 Å². The van der Waals surface area contributed by atoms with Crippen LogP contribution in [-0.4, -0.2) is 47.2 Å². The molecule has 0 aliphatic carbocycles. The number of hydrogen-bond donors (Lipinski definition) is 1. The molecule has 1 N–H and O–H groups in total. The van der Waals surface area contributed by atoms with Crippen LogP contribution in [0.25, 0.3) is 0 Å². The molecule has 2 amide bonds. The first-order chi connectivity index (χ1) is 14.0. The summed E-state index contributed by atoms with van der Waals surface area (Å²) in [5, 5.41) is 13.0. The van der Waals surface area contributed by atoms with Crippen LogP contribution >= 0.6 is 0 Å². The van der Waals surface area contributed by atoms with Crippen molar-refractivity contribution < 1.29 is 14.1 Å². The molecule has 0 spiro atoms. The number of aryl methyl sites for hydroxylation is 1. The molecule has 8 nitrogen and oxygen atoms in total. The van der Waals surface area contributed by atoms with Crippen molar-refractivity contribution in [2.45, 2.75) is 33.1 Å². The lowest BCUT2D eigenvalue weighted by Crippen LogP contribution is -2.41. The maximum atomic E-state index is 12.8. The zero-order chi connectivity index (χ0) is 20.4. The molecule has 0 bridgehead atoms. The van der Waals surface area contributed by atoms with E-state index >= 15 is 0 Å². The highest BCUT2D eigenvalue weighted by Gasteiger charge is 2.28. The molecule has 0 atom stereocenters. The minimum atomic E-state index is -0.130. The first kappa shape index (κ1) is 19.2. The van der Waals surface area contributed by atoms with Gasteiger partial charge in [-0.3, -0.25) is 14.6 Å². The van der Waals surface area contributed by atoms with Crippen molar-refractivity contribution in [3.63, 3.8) is 0 Å². The monoisotopic (exact) mass is 395 g/mol. The second-order valence-corrected chi connectivity index (χ2v) is 7.63. The number of hydrogen-bond acceptors (Lipinski definition) is 6. The van der Waals surface area contributed by atoms with Gasteiger partial charge >= 0.3 is 0 Å². The topological polar surface area (TPSA) is 91.0 Å². The second-order valence-electron chi connectivity index (χ2n) is 7.63. The fraction of sp³-hybridized carbons (Fsp3) is 0.429. The number of piperidine rings is 1. The molecule has 0 unspecified atom stereocenters. The molecular weight excluding hydrogens is 370 g/mol. The summed E-state index contributed by atoms with van der Waals surface area (Å²) in [4.78, 5) is 27.0. The highest BCUT2D eigenvalue weighted by molar-refractivity contribution is 5.95. The van der Waals surface area contributed by atoms with Crippen LogP contribution in [0.4, 0.5) is 11.5 Å². The fourth-order valence-electron chi connectivity index (χ4n) is 3.72. The van der Waals surface area contributed by atoms with Gasteiger partial charge in [-0.1, -0.05) is 5.16 Å². The highest BCUT2D eigenvalue weighted by atomic mass is 16.5. The summed E-state index contributed by atoms with van der Waals surface area (Å²) in [6.45, 7) is 5.80. The maximum Gasteiger partial charge on any atom is 0.253 e. The summed E-state index contributed by atoms with van der Waals surface area (Å²) in [6, 6.07) is 9.28. The van der Waals surface area contributed by atoms with Gasteiger partial charge in [0.2, 0.25) is 5.91 Å². The van der Waals surface area contributed by atoms with E-state index in [9.17, 15) is 9.59 Å². The van der Waals surface area contributed by atoms with Gasteiger partial charge < -0.3 is 14.7 Å². The number of anilines is 2. The number of hydrazone groups is 1. The Morgan fingerprint density at radius 1 is 1.10 bits per heavy atom. The maximum absolute atomic E-state index is 12.8. The van der Waals surface area contributed by atoms with Gasteiger partial charge in [-0.05, 0) is 51.0 Å². The van der Waals surface area contributed by atoms with Gasteiger partial charge in [0.15, 0.2) is 5.82 Å². The van der Waals surface area contributed by atoms with E-state index in [4.69, 9.17) is 4.52 Å². The van der Waals surface area contributed by atoms with Gasteiger partial charge in [-0.25, -0.2) is 0 Å². The van der Waals surface area contributed by atoms with E-state index in [1.807, 2.05) is 41.1 Å². The Morgan fingerprint density at radius 2 is 1.83 bits per heavy atom. The molecule has 8 heteroatoms. The quantitative estimate of drug-likeness (QED) is 0.859. The van der Waals surface area contributed by atoms with Gasteiger partial charge in [0, 0.05) is 49.3 Å². The Hall–Kier alpha value is -3.16. The Balaban J connectivity index is 1.31. The zero-order valence-electron chi connectivity index (χ0n) is 16.7. The molecule has 1 aromatic heterocycles. The SMILES string of the molecule is CC1=NN(c2ccc(C(=O)N3CCC(C(=O)Nc4cc(C)on4)CC3)cc2)CC1. The third-order valence-electron chi connectivity index (χ3n) is 5.42. The number of nitrogens with zero attached hydrogens (tertiary/aromatic N) is 4. The van der Waals surface area contributed by atoms with E-state index in [0.717, 1.165) is 24.4 Å². The molecule has 3 heterocycles. The number of nitrogens with one attached hydrogen (secondary N) is 1. The number of rotatable bonds is 4. The van der Waals surface area contributed by atoms with Crippen molar-refractivity contribution in [3.05, 3.63) is 41.7 Å². The summed E-state index contributed by atoms with van der Waals surface area (Å²) in [5.74, 6) is 0.886.